The summed E-state index contributed by atoms with van der Waals surface area (Å²) in [6.45, 7) is 10.3. The lowest BCUT2D eigenvalue weighted by Crippen LogP contribution is -2.52. The molecule has 0 aromatic heterocycles. The molecule has 1 aromatic carbocycles. The summed E-state index contributed by atoms with van der Waals surface area (Å²) in [5.41, 5.74) is 2.20. The fourth-order valence-corrected chi connectivity index (χ4v) is 5.13. The van der Waals surface area contributed by atoms with Crippen molar-refractivity contribution in [2.75, 3.05) is 0 Å². The van der Waals surface area contributed by atoms with E-state index in [1.807, 2.05) is 26.0 Å². The number of carbonyl (C=O) groups is 2. The number of ketones is 2. The van der Waals surface area contributed by atoms with Gasteiger partial charge in [0.05, 0.1) is 0 Å². The molecule has 1 aromatic rings. The topological polar surface area (TPSA) is 69.4 Å². The molecule has 25 heavy (non-hydrogen) atoms. The number of Topliss-reactive ketones (excluding diaryl/α,β-unsaturated/α-hetero) is 2. The molecule has 0 spiro atoms. The standard InChI is InChI=1S/C21H29NO3/c1-6-12-10-14(25-22)11-13(7-2)16(12)17-18(23)15-8-9-21(5,19(17)24)20(15,3)4/h10-11,15,17H,6-9,22H2,1-5H3. The number of carbonyl (C=O) groups excluding carboxylic acids is 2. The summed E-state index contributed by atoms with van der Waals surface area (Å²) in [4.78, 5) is 31.8. The molecule has 2 saturated carbocycles. The zero-order chi connectivity index (χ0) is 18.6. The summed E-state index contributed by atoms with van der Waals surface area (Å²) >= 11 is 0. The predicted octanol–water partition coefficient (Wildman–Crippen LogP) is 3.74. The van der Waals surface area contributed by atoms with E-state index in [2.05, 4.69) is 20.8 Å². The lowest BCUT2D eigenvalue weighted by molar-refractivity contribution is -0.149. The Bertz CT molecular complexity index is 712. The molecule has 3 atom stereocenters. The molecule has 0 amide bonds. The van der Waals surface area contributed by atoms with Gasteiger partial charge in [0.1, 0.15) is 11.7 Å². The molecule has 2 bridgehead atoms. The van der Waals surface area contributed by atoms with Crippen molar-refractivity contribution in [3.8, 4) is 5.75 Å². The summed E-state index contributed by atoms with van der Waals surface area (Å²) < 4.78 is 0. The van der Waals surface area contributed by atoms with E-state index in [4.69, 9.17) is 10.7 Å². The molecular formula is C21H29NO3. The lowest BCUT2D eigenvalue weighted by atomic mass is 9.54. The largest absolute Gasteiger partial charge is 0.412 e. The van der Waals surface area contributed by atoms with Gasteiger partial charge in [0.25, 0.3) is 0 Å². The number of nitrogens with two attached hydrogens (primary N) is 1. The summed E-state index contributed by atoms with van der Waals surface area (Å²) in [5, 5.41) is 0. The third kappa shape index (κ3) is 2.30. The Morgan fingerprint density at radius 3 is 2.16 bits per heavy atom. The molecule has 2 aliphatic rings. The minimum absolute atomic E-state index is 0.0416. The van der Waals surface area contributed by atoms with Crippen molar-refractivity contribution >= 4 is 11.6 Å². The molecule has 2 fully saturated rings. The summed E-state index contributed by atoms with van der Waals surface area (Å²) in [6.07, 6.45) is 3.10. The van der Waals surface area contributed by atoms with Gasteiger partial charge in [0.15, 0.2) is 11.6 Å². The van der Waals surface area contributed by atoms with Gasteiger partial charge in [0, 0.05) is 11.3 Å². The highest BCUT2D eigenvalue weighted by Crippen LogP contribution is 2.63. The van der Waals surface area contributed by atoms with Crippen molar-refractivity contribution in [2.24, 2.45) is 22.6 Å². The van der Waals surface area contributed by atoms with E-state index in [-0.39, 0.29) is 22.9 Å². The van der Waals surface area contributed by atoms with Crippen LogP contribution < -0.4 is 10.7 Å². The van der Waals surface area contributed by atoms with E-state index in [1.54, 1.807) is 0 Å². The van der Waals surface area contributed by atoms with E-state index in [0.29, 0.717) is 5.75 Å². The highest BCUT2D eigenvalue weighted by atomic mass is 16.6. The van der Waals surface area contributed by atoms with Crippen LogP contribution in [0.15, 0.2) is 12.1 Å². The molecule has 0 radical (unpaired) electrons. The van der Waals surface area contributed by atoms with Crippen LogP contribution in [0, 0.1) is 16.7 Å². The Morgan fingerprint density at radius 1 is 1.12 bits per heavy atom. The van der Waals surface area contributed by atoms with Crippen LogP contribution in [0.2, 0.25) is 0 Å². The van der Waals surface area contributed by atoms with Crippen molar-refractivity contribution in [1.82, 2.24) is 0 Å². The van der Waals surface area contributed by atoms with Gasteiger partial charge in [-0.3, -0.25) is 9.59 Å². The monoisotopic (exact) mass is 343 g/mol. The average Bonchev–Trinajstić information content (AvgIpc) is 2.78. The second kappa shape index (κ2) is 5.94. The number of fused-ring (bicyclic) bond motifs is 2. The summed E-state index contributed by atoms with van der Waals surface area (Å²) in [5.74, 6) is 5.47. The number of aryl methyl sites for hydroxylation is 2. The highest BCUT2D eigenvalue weighted by molar-refractivity contribution is 6.14. The van der Waals surface area contributed by atoms with E-state index < -0.39 is 11.3 Å². The molecule has 3 rings (SSSR count). The molecule has 0 heterocycles. The normalized spacial score (nSPS) is 30.6. The lowest BCUT2D eigenvalue weighted by Gasteiger charge is -2.47. The van der Waals surface area contributed by atoms with Crippen molar-refractivity contribution < 1.29 is 14.4 Å². The molecule has 0 aliphatic heterocycles. The second-order valence-electron chi connectivity index (χ2n) is 8.32. The number of benzene rings is 1. The quantitative estimate of drug-likeness (QED) is 0.668. The smallest absolute Gasteiger partial charge is 0.154 e. The Labute approximate surface area is 150 Å². The zero-order valence-electron chi connectivity index (χ0n) is 15.9. The van der Waals surface area contributed by atoms with Crippen LogP contribution in [0.4, 0.5) is 0 Å². The van der Waals surface area contributed by atoms with Gasteiger partial charge in [-0.05, 0) is 59.9 Å². The van der Waals surface area contributed by atoms with Crippen molar-refractivity contribution in [1.29, 1.82) is 0 Å². The predicted molar refractivity (Wildman–Crippen MR) is 97.4 cm³/mol. The second-order valence-corrected chi connectivity index (χ2v) is 8.32. The van der Waals surface area contributed by atoms with Crippen LogP contribution in [-0.4, -0.2) is 11.6 Å². The Kier molecular flexibility index (Phi) is 4.31. The molecular weight excluding hydrogens is 314 g/mol. The van der Waals surface area contributed by atoms with Crippen LogP contribution in [0.1, 0.15) is 70.1 Å². The maximum Gasteiger partial charge on any atom is 0.154 e. The van der Waals surface area contributed by atoms with E-state index in [9.17, 15) is 9.59 Å². The van der Waals surface area contributed by atoms with Crippen LogP contribution in [-0.2, 0) is 22.4 Å². The van der Waals surface area contributed by atoms with Gasteiger partial charge in [-0.15, -0.1) is 0 Å². The number of rotatable bonds is 4. The first-order chi connectivity index (χ1) is 11.7. The summed E-state index contributed by atoms with van der Waals surface area (Å²) in [7, 11) is 0. The minimum Gasteiger partial charge on any atom is -0.412 e. The molecule has 2 aliphatic carbocycles. The van der Waals surface area contributed by atoms with Crippen molar-refractivity contribution in [3.63, 3.8) is 0 Å². The average molecular weight is 343 g/mol. The van der Waals surface area contributed by atoms with Crippen LogP contribution >= 0.6 is 0 Å². The van der Waals surface area contributed by atoms with Gasteiger partial charge in [-0.1, -0.05) is 34.6 Å². The maximum atomic E-state index is 13.5. The van der Waals surface area contributed by atoms with Crippen LogP contribution in [0.5, 0.6) is 5.75 Å². The number of hydrogen-bond acceptors (Lipinski definition) is 4. The fourth-order valence-electron chi connectivity index (χ4n) is 5.13. The van der Waals surface area contributed by atoms with Crippen molar-refractivity contribution in [2.45, 2.75) is 66.2 Å². The Hall–Kier alpha value is -1.68. The van der Waals surface area contributed by atoms with Gasteiger partial charge in [0.2, 0.25) is 0 Å². The van der Waals surface area contributed by atoms with E-state index in [1.165, 1.54) is 0 Å². The van der Waals surface area contributed by atoms with Gasteiger partial charge in [-0.25, -0.2) is 0 Å². The van der Waals surface area contributed by atoms with Gasteiger partial charge < -0.3 is 4.84 Å². The Balaban J connectivity index is 2.21. The van der Waals surface area contributed by atoms with Gasteiger partial charge >= 0.3 is 0 Å². The fraction of sp³-hybridized carbons (Fsp3) is 0.619. The zero-order valence-corrected chi connectivity index (χ0v) is 15.9. The van der Waals surface area contributed by atoms with Crippen LogP contribution in [0.3, 0.4) is 0 Å². The first-order valence-corrected chi connectivity index (χ1v) is 9.33. The summed E-state index contributed by atoms with van der Waals surface area (Å²) in [6, 6.07) is 3.75. The Morgan fingerprint density at radius 2 is 1.68 bits per heavy atom. The molecule has 3 unspecified atom stereocenters. The SMILES string of the molecule is CCc1cc(ON)cc(CC)c1C1C(=O)C2CCC(C)(C1=O)C2(C)C. The molecule has 4 nitrogen and oxygen atoms in total. The molecule has 136 valence electrons. The van der Waals surface area contributed by atoms with Gasteiger partial charge in [-0.2, -0.15) is 5.90 Å². The van der Waals surface area contributed by atoms with Crippen molar-refractivity contribution in [3.05, 3.63) is 28.8 Å². The van der Waals surface area contributed by atoms with Crippen LogP contribution in [0.25, 0.3) is 0 Å². The number of hydrogen-bond donors (Lipinski definition) is 1. The third-order valence-electron chi connectivity index (χ3n) is 7.17. The molecule has 4 heteroatoms. The first kappa shape index (κ1) is 18.1. The first-order valence-electron chi connectivity index (χ1n) is 9.33. The minimum atomic E-state index is -0.637. The van der Waals surface area contributed by atoms with E-state index >= 15 is 0 Å². The molecule has 2 N–H and O–H groups in total. The van der Waals surface area contributed by atoms with E-state index in [0.717, 1.165) is 42.4 Å². The molecule has 0 saturated heterocycles. The maximum absolute atomic E-state index is 13.5. The third-order valence-corrected chi connectivity index (χ3v) is 7.17. The highest BCUT2D eigenvalue weighted by Gasteiger charge is 2.65.